The van der Waals surface area contributed by atoms with Crippen molar-refractivity contribution in [3.05, 3.63) is 29.6 Å². The van der Waals surface area contributed by atoms with E-state index in [1.165, 1.54) is 31.4 Å². The molecule has 2 aliphatic rings. The standard InChI is InChI=1S/C15H18FN3/c16-12-2-3-14(11(8-12)10-17)19-13-4-7-18-15(9-13)5-1-6-15/h2-3,8,13,18-19H,1,4-7,9H2. The van der Waals surface area contributed by atoms with Crippen molar-refractivity contribution in [2.45, 2.75) is 43.7 Å². The van der Waals surface area contributed by atoms with Crippen molar-refractivity contribution < 1.29 is 4.39 Å². The van der Waals surface area contributed by atoms with Gasteiger partial charge in [-0.3, -0.25) is 0 Å². The molecule has 1 aliphatic heterocycles. The van der Waals surface area contributed by atoms with E-state index in [2.05, 4.69) is 16.7 Å². The average molecular weight is 259 g/mol. The van der Waals surface area contributed by atoms with Gasteiger partial charge in [0, 0.05) is 11.6 Å². The molecule has 1 aromatic carbocycles. The van der Waals surface area contributed by atoms with Crippen molar-refractivity contribution in [1.29, 1.82) is 5.26 Å². The van der Waals surface area contributed by atoms with Crippen molar-refractivity contribution in [2.24, 2.45) is 0 Å². The van der Waals surface area contributed by atoms with Gasteiger partial charge >= 0.3 is 0 Å². The van der Waals surface area contributed by atoms with Crippen LogP contribution >= 0.6 is 0 Å². The minimum Gasteiger partial charge on any atom is -0.381 e. The zero-order chi connectivity index (χ0) is 13.3. The maximum Gasteiger partial charge on any atom is 0.124 e. The zero-order valence-corrected chi connectivity index (χ0v) is 10.9. The Balaban J connectivity index is 1.73. The highest BCUT2D eigenvalue weighted by molar-refractivity contribution is 5.58. The molecule has 1 saturated heterocycles. The van der Waals surface area contributed by atoms with Crippen LogP contribution in [0.5, 0.6) is 0 Å². The second kappa shape index (κ2) is 4.82. The van der Waals surface area contributed by atoms with Crippen molar-refractivity contribution in [3.8, 4) is 6.07 Å². The van der Waals surface area contributed by atoms with Gasteiger partial charge in [-0.05, 0) is 56.8 Å². The van der Waals surface area contributed by atoms with Gasteiger partial charge in [0.25, 0.3) is 0 Å². The fourth-order valence-electron chi connectivity index (χ4n) is 3.22. The Morgan fingerprint density at radius 3 is 2.95 bits per heavy atom. The topological polar surface area (TPSA) is 47.9 Å². The summed E-state index contributed by atoms with van der Waals surface area (Å²) in [5.41, 5.74) is 1.47. The van der Waals surface area contributed by atoms with Crippen LogP contribution < -0.4 is 10.6 Å². The Kier molecular flexibility index (Phi) is 3.16. The molecule has 1 atom stereocenters. The smallest absolute Gasteiger partial charge is 0.124 e. The molecule has 4 heteroatoms. The fraction of sp³-hybridized carbons (Fsp3) is 0.533. The van der Waals surface area contributed by atoms with Crippen LogP contribution in [0.3, 0.4) is 0 Å². The second-order valence-corrected chi connectivity index (χ2v) is 5.70. The molecule has 2 N–H and O–H groups in total. The molecule has 0 bridgehead atoms. The molecular formula is C15H18FN3. The molecule has 3 nitrogen and oxygen atoms in total. The molecule has 19 heavy (non-hydrogen) atoms. The van der Waals surface area contributed by atoms with Crippen LogP contribution in [0.15, 0.2) is 18.2 Å². The Labute approximate surface area is 112 Å². The maximum atomic E-state index is 13.1. The van der Waals surface area contributed by atoms with Crippen molar-refractivity contribution in [3.63, 3.8) is 0 Å². The van der Waals surface area contributed by atoms with E-state index < -0.39 is 0 Å². The first kappa shape index (κ1) is 12.4. The van der Waals surface area contributed by atoms with Gasteiger partial charge in [-0.25, -0.2) is 4.39 Å². The van der Waals surface area contributed by atoms with Gasteiger partial charge in [-0.15, -0.1) is 0 Å². The van der Waals surface area contributed by atoms with Gasteiger partial charge in [0.05, 0.1) is 11.3 Å². The summed E-state index contributed by atoms with van der Waals surface area (Å²) in [6, 6.07) is 6.80. The Bertz CT molecular complexity index is 517. The number of nitrogens with zero attached hydrogens (tertiary/aromatic N) is 1. The van der Waals surface area contributed by atoms with Crippen molar-refractivity contribution in [1.82, 2.24) is 5.32 Å². The molecule has 1 aromatic rings. The summed E-state index contributed by atoms with van der Waals surface area (Å²) in [6.45, 7) is 1.01. The summed E-state index contributed by atoms with van der Waals surface area (Å²) in [7, 11) is 0. The lowest BCUT2D eigenvalue weighted by Gasteiger charge is -2.48. The quantitative estimate of drug-likeness (QED) is 0.858. The largest absolute Gasteiger partial charge is 0.381 e. The Hall–Kier alpha value is -1.60. The monoisotopic (exact) mass is 259 g/mol. The van der Waals surface area contributed by atoms with Crippen LogP contribution in [0.4, 0.5) is 10.1 Å². The molecule has 1 heterocycles. The van der Waals surface area contributed by atoms with E-state index in [1.807, 2.05) is 0 Å². The number of nitriles is 1. The first-order valence-electron chi connectivity index (χ1n) is 6.92. The van der Waals surface area contributed by atoms with Crippen LogP contribution in [0.25, 0.3) is 0 Å². The van der Waals surface area contributed by atoms with Gasteiger partial charge in [-0.2, -0.15) is 5.26 Å². The zero-order valence-electron chi connectivity index (χ0n) is 10.9. The number of benzene rings is 1. The third-order valence-electron chi connectivity index (χ3n) is 4.40. The van der Waals surface area contributed by atoms with E-state index in [0.29, 0.717) is 17.1 Å². The molecule has 1 aliphatic carbocycles. The molecule has 0 amide bonds. The second-order valence-electron chi connectivity index (χ2n) is 5.70. The molecule has 3 rings (SSSR count). The number of halogens is 1. The first-order valence-corrected chi connectivity index (χ1v) is 6.92. The normalized spacial score (nSPS) is 24.5. The van der Waals surface area contributed by atoms with Crippen LogP contribution in [0.1, 0.15) is 37.7 Å². The van der Waals surface area contributed by atoms with Gasteiger partial charge in [0.2, 0.25) is 0 Å². The lowest BCUT2D eigenvalue weighted by molar-refractivity contribution is 0.135. The summed E-state index contributed by atoms with van der Waals surface area (Å²) in [5, 5.41) is 16.1. The van der Waals surface area contributed by atoms with E-state index in [-0.39, 0.29) is 5.82 Å². The molecule has 0 aromatic heterocycles. The number of hydrogen-bond donors (Lipinski definition) is 2. The van der Waals surface area contributed by atoms with Crippen molar-refractivity contribution >= 4 is 5.69 Å². The summed E-state index contributed by atoms with van der Waals surface area (Å²) in [4.78, 5) is 0. The maximum absolute atomic E-state index is 13.1. The minimum atomic E-state index is -0.358. The Morgan fingerprint density at radius 2 is 2.26 bits per heavy atom. The highest BCUT2D eigenvalue weighted by atomic mass is 19.1. The SMILES string of the molecule is N#Cc1cc(F)ccc1NC1CCNC2(CCC2)C1. The van der Waals surface area contributed by atoms with E-state index in [4.69, 9.17) is 5.26 Å². The lowest BCUT2D eigenvalue weighted by atomic mass is 9.70. The minimum absolute atomic E-state index is 0.322. The third-order valence-corrected chi connectivity index (χ3v) is 4.40. The molecule has 0 radical (unpaired) electrons. The van der Waals surface area contributed by atoms with Gasteiger partial charge in [0.15, 0.2) is 0 Å². The fourth-order valence-corrected chi connectivity index (χ4v) is 3.22. The lowest BCUT2D eigenvalue weighted by Crippen LogP contribution is -2.58. The molecular weight excluding hydrogens is 241 g/mol. The Morgan fingerprint density at radius 1 is 1.42 bits per heavy atom. The summed E-state index contributed by atoms with van der Waals surface area (Å²) < 4.78 is 13.1. The van der Waals surface area contributed by atoms with Gasteiger partial charge < -0.3 is 10.6 Å². The average Bonchev–Trinajstić information content (AvgIpc) is 2.39. The molecule has 1 saturated carbocycles. The molecule has 1 spiro atoms. The molecule has 2 fully saturated rings. The van der Waals surface area contributed by atoms with Crippen LogP contribution in [-0.2, 0) is 0 Å². The summed E-state index contributed by atoms with van der Waals surface area (Å²) in [6.07, 6.45) is 5.94. The van der Waals surface area contributed by atoms with Gasteiger partial charge in [-0.1, -0.05) is 0 Å². The first-order chi connectivity index (χ1) is 9.21. The summed E-state index contributed by atoms with van der Waals surface area (Å²) in [5.74, 6) is -0.358. The van der Waals surface area contributed by atoms with Crippen LogP contribution in [0, 0.1) is 17.1 Å². The number of hydrogen-bond acceptors (Lipinski definition) is 3. The van der Waals surface area contributed by atoms with Crippen LogP contribution in [0.2, 0.25) is 0 Å². The number of anilines is 1. The molecule has 1 unspecified atom stereocenters. The van der Waals surface area contributed by atoms with Crippen LogP contribution in [-0.4, -0.2) is 18.1 Å². The number of nitrogens with one attached hydrogen (secondary N) is 2. The predicted octanol–water partition coefficient (Wildman–Crippen LogP) is 2.78. The predicted molar refractivity (Wildman–Crippen MR) is 72.3 cm³/mol. The van der Waals surface area contributed by atoms with E-state index in [1.54, 1.807) is 6.07 Å². The van der Waals surface area contributed by atoms with E-state index in [0.717, 1.165) is 25.1 Å². The number of piperidine rings is 1. The van der Waals surface area contributed by atoms with E-state index >= 15 is 0 Å². The molecule has 100 valence electrons. The third kappa shape index (κ3) is 2.43. The highest BCUT2D eigenvalue weighted by Gasteiger charge is 2.40. The van der Waals surface area contributed by atoms with Crippen molar-refractivity contribution in [2.75, 3.05) is 11.9 Å². The summed E-state index contributed by atoms with van der Waals surface area (Å²) >= 11 is 0. The van der Waals surface area contributed by atoms with E-state index in [9.17, 15) is 4.39 Å². The number of rotatable bonds is 2. The highest BCUT2D eigenvalue weighted by Crippen LogP contribution is 2.39. The van der Waals surface area contributed by atoms with Gasteiger partial charge in [0.1, 0.15) is 11.9 Å².